The van der Waals surface area contributed by atoms with Gasteiger partial charge in [0.2, 0.25) is 0 Å². The Morgan fingerprint density at radius 2 is 1.71 bits per heavy atom. The van der Waals surface area contributed by atoms with Crippen LogP contribution in [-0.4, -0.2) is 17.0 Å². The number of unbranched alkanes of at least 4 members (excludes halogenated alkanes) is 7. The molecule has 1 N–H and O–H groups in total. The summed E-state index contributed by atoms with van der Waals surface area (Å²) in [5, 5.41) is 10.5. The standard InChI is InChI=1S/C19H30OS/c1-2-3-4-5-6-7-8-9-13-18(20)17-15-21-19-14-11-10-12-16(17)19/h10-12,14,17-18,20H,2-9,13,15H2,1H3. The summed E-state index contributed by atoms with van der Waals surface area (Å²) in [6, 6.07) is 8.57. The van der Waals surface area contributed by atoms with Gasteiger partial charge in [0.15, 0.2) is 0 Å². The Balaban J connectivity index is 1.59. The van der Waals surface area contributed by atoms with Gasteiger partial charge < -0.3 is 5.11 Å². The number of aliphatic hydroxyl groups is 1. The summed E-state index contributed by atoms with van der Waals surface area (Å²) >= 11 is 1.90. The highest BCUT2D eigenvalue weighted by atomic mass is 32.2. The van der Waals surface area contributed by atoms with Gasteiger partial charge in [0.1, 0.15) is 0 Å². The summed E-state index contributed by atoms with van der Waals surface area (Å²) in [7, 11) is 0. The molecule has 2 atom stereocenters. The Morgan fingerprint density at radius 1 is 1.05 bits per heavy atom. The monoisotopic (exact) mass is 306 g/mol. The highest BCUT2D eigenvalue weighted by Gasteiger charge is 2.28. The first-order chi connectivity index (χ1) is 10.3. The van der Waals surface area contributed by atoms with Crippen molar-refractivity contribution in [2.45, 2.75) is 81.6 Å². The van der Waals surface area contributed by atoms with Crippen molar-refractivity contribution < 1.29 is 5.11 Å². The Morgan fingerprint density at radius 3 is 2.48 bits per heavy atom. The van der Waals surface area contributed by atoms with Crippen molar-refractivity contribution in [2.24, 2.45) is 0 Å². The predicted molar refractivity (Wildman–Crippen MR) is 93.1 cm³/mol. The van der Waals surface area contributed by atoms with Gasteiger partial charge in [0.05, 0.1) is 6.10 Å². The highest BCUT2D eigenvalue weighted by molar-refractivity contribution is 7.99. The molecule has 1 heterocycles. The molecule has 1 aromatic rings. The van der Waals surface area contributed by atoms with Crippen LogP contribution >= 0.6 is 11.8 Å². The third-order valence-corrected chi connectivity index (χ3v) is 5.76. The van der Waals surface area contributed by atoms with Crippen LogP contribution in [-0.2, 0) is 0 Å². The van der Waals surface area contributed by atoms with Gasteiger partial charge in [-0.05, 0) is 18.1 Å². The molecule has 2 unspecified atom stereocenters. The van der Waals surface area contributed by atoms with Gasteiger partial charge in [0, 0.05) is 16.6 Å². The smallest absolute Gasteiger partial charge is 0.0617 e. The summed E-state index contributed by atoms with van der Waals surface area (Å²) in [6.45, 7) is 2.26. The SMILES string of the molecule is CCCCCCCCCCC(O)C1CSc2ccccc21. The maximum Gasteiger partial charge on any atom is 0.0617 e. The van der Waals surface area contributed by atoms with E-state index in [1.165, 1.54) is 61.8 Å². The van der Waals surface area contributed by atoms with Gasteiger partial charge in [-0.1, -0.05) is 76.5 Å². The number of benzene rings is 1. The van der Waals surface area contributed by atoms with E-state index in [-0.39, 0.29) is 6.10 Å². The van der Waals surface area contributed by atoms with Crippen molar-refractivity contribution >= 4 is 11.8 Å². The maximum atomic E-state index is 10.5. The molecular formula is C19H30OS. The molecule has 1 aliphatic rings. The lowest BCUT2D eigenvalue weighted by Gasteiger charge is -2.18. The molecule has 0 radical (unpaired) electrons. The molecule has 0 saturated heterocycles. The fourth-order valence-corrected chi connectivity index (χ4v) is 4.52. The maximum absolute atomic E-state index is 10.5. The molecular weight excluding hydrogens is 276 g/mol. The second-order valence-corrected chi connectivity index (χ2v) is 7.35. The lowest BCUT2D eigenvalue weighted by atomic mass is 9.92. The molecule has 0 aromatic heterocycles. The van der Waals surface area contributed by atoms with Crippen molar-refractivity contribution in [3.8, 4) is 0 Å². The summed E-state index contributed by atoms with van der Waals surface area (Å²) in [6.07, 6.45) is 11.5. The van der Waals surface area contributed by atoms with Gasteiger partial charge in [-0.3, -0.25) is 0 Å². The Labute approximate surface area is 134 Å². The summed E-state index contributed by atoms with van der Waals surface area (Å²) in [4.78, 5) is 1.37. The Bertz CT molecular complexity index is 404. The van der Waals surface area contributed by atoms with Crippen LogP contribution in [0.1, 0.15) is 76.2 Å². The van der Waals surface area contributed by atoms with Crippen molar-refractivity contribution in [1.29, 1.82) is 0 Å². The first kappa shape index (κ1) is 16.9. The van der Waals surface area contributed by atoms with E-state index in [2.05, 4.69) is 31.2 Å². The van der Waals surface area contributed by atoms with Crippen molar-refractivity contribution in [1.82, 2.24) is 0 Å². The number of aliphatic hydroxyl groups excluding tert-OH is 1. The van der Waals surface area contributed by atoms with Crippen LogP contribution in [0.3, 0.4) is 0 Å². The quantitative estimate of drug-likeness (QED) is 0.554. The van der Waals surface area contributed by atoms with E-state index in [0.717, 1.165) is 12.2 Å². The van der Waals surface area contributed by atoms with Gasteiger partial charge in [0.25, 0.3) is 0 Å². The molecule has 1 aromatic carbocycles. The third-order valence-electron chi connectivity index (χ3n) is 4.55. The van der Waals surface area contributed by atoms with Crippen LogP contribution in [0.2, 0.25) is 0 Å². The van der Waals surface area contributed by atoms with Gasteiger partial charge in [-0.2, -0.15) is 0 Å². The minimum atomic E-state index is -0.152. The fraction of sp³-hybridized carbons (Fsp3) is 0.684. The first-order valence-corrected chi connectivity index (χ1v) is 9.71. The van der Waals surface area contributed by atoms with E-state index < -0.39 is 0 Å². The number of hydrogen-bond donors (Lipinski definition) is 1. The number of fused-ring (bicyclic) bond motifs is 1. The summed E-state index contributed by atoms with van der Waals surface area (Å²) in [5.74, 6) is 1.41. The van der Waals surface area contributed by atoms with Crippen LogP contribution in [0, 0.1) is 0 Å². The van der Waals surface area contributed by atoms with Crippen molar-refractivity contribution in [3.63, 3.8) is 0 Å². The minimum absolute atomic E-state index is 0.152. The van der Waals surface area contributed by atoms with Crippen LogP contribution in [0.15, 0.2) is 29.2 Å². The number of thioether (sulfide) groups is 1. The molecule has 21 heavy (non-hydrogen) atoms. The third kappa shape index (κ3) is 5.34. The van der Waals surface area contributed by atoms with E-state index in [1.54, 1.807) is 0 Å². The molecule has 0 saturated carbocycles. The molecule has 0 spiro atoms. The summed E-state index contributed by atoms with van der Waals surface area (Å²) in [5.41, 5.74) is 1.37. The van der Waals surface area contributed by atoms with E-state index in [9.17, 15) is 5.11 Å². The molecule has 2 rings (SSSR count). The zero-order valence-electron chi connectivity index (χ0n) is 13.4. The molecule has 1 aliphatic heterocycles. The highest BCUT2D eigenvalue weighted by Crippen LogP contribution is 2.41. The topological polar surface area (TPSA) is 20.2 Å². The van der Waals surface area contributed by atoms with Crippen LogP contribution in [0.25, 0.3) is 0 Å². The second kappa shape index (κ2) is 9.53. The van der Waals surface area contributed by atoms with E-state index in [1.807, 2.05) is 11.8 Å². The van der Waals surface area contributed by atoms with E-state index >= 15 is 0 Å². The molecule has 1 nitrogen and oxygen atoms in total. The van der Waals surface area contributed by atoms with E-state index in [4.69, 9.17) is 0 Å². The van der Waals surface area contributed by atoms with Gasteiger partial charge in [-0.15, -0.1) is 11.8 Å². The average molecular weight is 307 g/mol. The molecule has 0 aliphatic carbocycles. The van der Waals surface area contributed by atoms with Gasteiger partial charge >= 0.3 is 0 Å². The first-order valence-electron chi connectivity index (χ1n) is 8.72. The largest absolute Gasteiger partial charge is 0.392 e. The average Bonchev–Trinajstić information content (AvgIpc) is 2.94. The lowest BCUT2D eigenvalue weighted by molar-refractivity contribution is 0.138. The molecule has 2 heteroatoms. The summed E-state index contributed by atoms with van der Waals surface area (Å²) < 4.78 is 0. The van der Waals surface area contributed by atoms with Crippen molar-refractivity contribution in [3.05, 3.63) is 29.8 Å². The van der Waals surface area contributed by atoms with Crippen molar-refractivity contribution in [2.75, 3.05) is 5.75 Å². The number of hydrogen-bond acceptors (Lipinski definition) is 2. The normalized spacial score (nSPS) is 18.7. The molecule has 0 amide bonds. The van der Waals surface area contributed by atoms with Gasteiger partial charge in [-0.25, -0.2) is 0 Å². The molecule has 0 bridgehead atoms. The van der Waals surface area contributed by atoms with Crippen LogP contribution in [0.5, 0.6) is 0 Å². The lowest BCUT2D eigenvalue weighted by Crippen LogP contribution is -2.18. The Hall–Kier alpha value is -0.470. The van der Waals surface area contributed by atoms with E-state index in [0.29, 0.717) is 5.92 Å². The van der Waals surface area contributed by atoms with Crippen LogP contribution in [0.4, 0.5) is 0 Å². The zero-order chi connectivity index (χ0) is 14.9. The Kier molecular flexibility index (Phi) is 7.66. The molecule has 118 valence electrons. The minimum Gasteiger partial charge on any atom is -0.392 e. The predicted octanol–water partition coefficient (Wildman–Crippen LogP) is 5.77. The van der Waals surface area contributed by atoms with Crippen LogP contribution < -0.4 is 0 Å². The molecule has 0 fully saturated rings. The zero-order valence-corrected chi connectivity index (χ0v) is 14.2. The number of rotatable bonds is 10. The fourth-order valence-electron chi connectivity index (χ4n) is 3.19. The second-order valence-electron chi connectivity index (χ2n) is 6.29.